The van der Waals surface area contributed by atoms with Crippen molar-refractivity contribution in [2.45, 2.75) is 122 Å². The Hall–Kier alpha value is -1.65. The Morgan fingerprint density at radius 2 is 0.786 bits per heavy atom. The first kappa shape index (κ1) is 47.3. The maximum absolute atomic E-state index is 11.6. The van der Waals surface area contributed by atoms with Crippen molar-refractivity contribution in [3.05, 3.63) is 0 Å². The molecule has 0 spiro atoms. The number of carboxylic acid groups (broad SMARTS) is 1. The van der Waals surface area contributed by atoms with Gasteiger partial charge in [-0.15, -0.1) is 0 Å². The number of methoxy groups -OCH3 is 1. The number of carbonyl (C=O) groups excluding carboxylic acids is 5. The summed E-state index contributed by atoms with van der Waals surface area (Å²) < 4.78 is 19.6. The van der Waals surface area contributed by atoms with Crippen LogP contribution in [0.2, 0.25) is 0 Å². The molecule has 0 heterocycles. The van der Waals surface area contributed by atoms with Crippen LogP contribution in [0, 0.1) is 21.7 Å². The van der Waals surface area contributed by atoms with Crippen LogP contribution in [-0.4, -0.2) is 56.8 Å². The second-order valence-electron chi connectivity index (χ2n) is 12.3. The quantitative estimate of drug-likeness (QED) is 0.117. The number of hydrogen-bond acceptors (Lipinski definition) is 10. The van der Waals surface area contributed by atoms with E-state index in [0.29, 0.717) is 25.7 Å². The number of aliphatic carboxylic acids is 1. The van der Waals surface area contributed by atoms with E-state index in [-0.39, 0.29) is 85.1 Å². The van der Waals surface area contributed by atoms with Crippen LogP contribution in [-0.2, 0) is 42.9 Å². The minimum absolute atomic E-state index is 0. The van der Waals surface area contributed by atoms with Crippen molar-refractivity contribution in [3.8, 4) is 0 Å². The van der Waals surface area contributed by atoms with Crippen LogP contribution in [0.15, 0.2) is 0 Å². The van der Waals surface area contributed by atoms with Crippen molar-refractivity contribution in [2.24, 2.45) is 21.7 Å². The van der Waals surface area contributed by atoms with Crippen molar-refractivity contribution in [1.29, 1.82) is 0 Å². The van der Waals surface area contributed by atoms with E-state index in [4.69, 9.17) is 14.2 Å². The molecule has 42 heavy (non-hydrogen) atoms. The minimum atomic E-state index is -1.11. The van der Waals surface area contributed by atoms with E-state index in [1.807, 2.05) is 69.2 Å². The van der Waals surface area contributed by atoms with Gasteiger partial charge in [-0.1, -0.05) is 27.7 Å². The standard InChI is InChI=1S/C14H26O4.C10H18O4.C7H14O2.Na/c1-7-13(3,4)11(15)17-9-10-18-12(16)14(5,6)8-2;1-4-10(2,3)9(13)14-7-5-6-8(11)12;1-5-7(2,3)6(8)9-4;/h7-10H2,1-6H3;4-7H2,1-3H3,(H,11,12);5H2,1-4H3;/q;;;+1/p-1. The molecule has 0 aromatic carbocycles. The second kappa shape index (κ2) is 22.8. The first-order valence-corrected chi connectivity index (χ1v) is 14.4. The molecule has 0 radical (unpaired) electrons. The second-order valence-corrected chi connectivity index (χ2v) is 12.3. The summed E-state index contributed by atoms with van der Waals surface area (Å²) in [4.78, 5) is 55.5. The van der Waals surface area contributed by atoms with E-state index < -0.39 is 22.2 Å². The number of hydrogen-bond donors (Lipinski definition) is 0. The normalized spacial score (nSPS) is 11.3. The summed E-state index contributed by atoms with van der Waals surface area (Å²) in [5.74, 6) is -2.04. The number of carbonyl (C=O) groups is 5. The van der Waals surface area contributed by atoms with Gasteiger partial charge in [0.15, 0.2) is 0 Å². The molecule has 0 aromatic heterocycles. The predicted molar refractivity (Wildman–Crippen MR) is 155 cm³/mol. The van der Waals surface area contributed by atoms with E-state index in [1.165, 1.54) is 7.11 Å². The Balaban J connectivity index is -0.000000269. The third-order valence-corrected chi connectivity index (χ3v) is 7.24. The van der Waals surface area contributed by atoms with Gasteiger partial charge in [-0.05, 0) is 93.9 Å². The van der Waals surface area contributed by atoms with Crippen molar-refractivity contribution in [1.82, 2.24) is 0 Å². The van der Waals surface area contributed by atoms with E-state index >= 15 is 0 Å². The molecule has 0 bridgehead atoms. The molecule has 10 nitrogen and oxygen atoms in total. The van der Waals surface area contributed by atoms with E-state index in [1.54, 1.807) is 13.8 Å². The molecule has 0 saturated carbocycles. The summed E-state index contributed by atoms with van der Waals surface area (Å²) in [5, 5.41) is 10.0. The van der Waals surface area contributed by atoms with Gasteiger partial charge < -0.3 is 28.8 Å². The number of ether oxygens (including phenoxy) is 4. The molecule has 0 aromatic rings. The molecule has 0 aliphatic heterocycles. The third-order valence-electron chi connectivity index (χ3n) is 7.24. The molecule has 0 unspecified atom stereocenters. The smallest absolute Gasteiger partial charge is 0.550 e. The fourth-order valence-electron chi connectivity index (χ4n) is 2.09. The average molecular weight is 613 g/mol. The maximum atomic E-state index is 11.6. The third kappa shape index (κ3) is 21.1. The Bertz CT molecular complexity index is 787. The molecule has 0 N–H and O–H groups in total. The zero-order valence-electron chi connectivity index (χ0n) is 28.9. The molecule has 0 aliphatic rings. The van der Waals surface area contributed by atoms with E-state index in [0.717, 1.165) is 6.42 Å². The fourth-order valence-corrected chi connectivity index (χ4v) is 2.09. The summed E-state index contributed by atoms with van der Waals surface area (Å²) in [7, 11) is 1.42. The Morgan fingerprint density at radius 1 is 0.524 bits per heavy atom. The largest absolute Gasteiger partial charge is 1.00 e. The monoisotopic (exact) mass is 612 g/mol. The number of rotatable bonds is 15. The van der Waals surface area contributed by atoms with Gasteiger partial charge in [0.25, 0.3) is 0 Å². The van der Waals surface area contributed by atoms with Crippen LogP contribution >= 0.6 is 0 Å². The zero-order chi connectivity index (χ0) is 33.1. The fraction of sp³-hybridized carbons (Fsp3) is 0.839. The van der Waals surface area contributed by atoms with Crippen molar-refractivity contribution in [3.63, 3.8) is 0 Å². The molecule has 0 saturated heterocycles. The Morgan fingerprint density at radius 3 is 1.00 bits per heavy atom. The molecular weight excluding hydrogens is 555 g/mol. The Kier molecular flexibility index (Phi) is 25.7. The molecule has 242 valence electrons. The van der Waals surface area contributed by atoms with Gasteiger partial charge in [0.05, 0.1) is 35.4 Å². The van der Waals surface area contributed by atoms with Gasteiger partial charge in [-0.3, -0.25) is 19.2 Å². The van der Waals surface area contributed by atoms with Crippen LogP contribution in [0.5, 0.6) is 0 Å². The topological polar surface area (TPSA) is 145 Å². The summed E-state index contributed by atoms with van der Waals surface area (Å²) in [6.45, 7) is 22.8. The van der Waals surface area contributed by atoms with E-state index in [2.05, 4.69) is 4.74 Å². The maximum Gasteiger partial charge on any atom is 1.00 e. The molecular formula is C31H57NaO10. The summed E-state index contributed by atoms with van der Waals surface area (Å²) in [6, 6.07) is 0. The van der Waals surface area contributed by atoms with Crippen molar-refractivity contribution in [2.75, 3.05) is 26.9 Å². The summed E-state index contributed by atoms with van der Waals surface area (Å²) in [6.07, 6.45) is 3.20. The van der Waals surface area contributed by atoms with Gasteiger partial charge in [0.1, 0.15) is 13.2 Å². The number of carboxylic acids is 1. The number of esters is 4. The molecule has 0 atom stereocenters. The molecule has 0 amide bonds. The van der Waals surface area contributed by atoms with Gasteiger partial charge in [-0.25, -0.2) is 0 Å². The SMILES string of the molecule is CCC(C)(C)C(=O)OC.CCC(C)(C)C(=O)OCCCC(=O)[O-].CCC(C)(C)C(=O)OCCOC(=O)C(C)(C)CC.[Na+]. The van der Waals surface area contributed by atoms with Crippen LogP contribution in [0.4, 0.5) is 0 Å². The Labute approximate surface area is 276 Å². The van der Waals surface area contributed by atoms with Crippen molar-refractivity contribution < 1.29 is 77.6 Å². The molecule has 0 fully saturated rings. The summed E-state index contributed by atoms with van der Waals surface area (Å²) >= 11 is 0. The first-order chi connectivity index (χ1) is 18.6. The van der Waals surface area contributed by atoms with Gasteiger partial charge in [-0.2, -0.15) is 0 Å². The zero-order valence-corrected chi connectivity index (χ0v) is 30.9. The van der Waals surface area contributed by atoms with Crippen molar-refractivity contribution >= 4 is 29.8 Å². The average Bonchev–Trinajstić information content (AvgIpc) is 2.92. The van der Waals surface area contributed by atoms with Crippen LogP contribution in [0.3, 0.4) is 0 Å². The van der Waals surface area contributed by atoms with Gasteiger partial charge in [0.2, 0.25) is 0 Å². The molecule has 11 heteroatoms. The van der Waals surface area contributed by atoms with Gasteiger partial charge >= 0.3 is 53.4 Å². The van der Waals surface area contributed by atoms with Gasteiger partial charge in [0, 0.05) is 5.97 Å². The predicted octanol–water partition coefficient (Wildman–Crippen LogP) is 2.04. The summed E-state index contributed by atoms with van der Waals surface area (Å²) in [5.41, 5.74) is -1.75. The van der Waals surface area contributed by atoms with Crippen LogP contribution < -0.4 is 34.7 Å². The van der Waals surface area contributed by atoms with Crippen LogP contribution in [0.25, 0.3) is 0 Å². The minimum Gasteiger partial charge on any atom is -0.550 e. The van der Waals surface area contributed by atoms with E-state index in [9.17, 15) is 29.1 Å². The van der Waals surface area contributed by atoms with Crippen LogP contribution in [0.1, 0.15) is 122 Å². The molecule has 0 aliphatic carbocycles. The molecule has 0 rings (SSSR count). The first-order valence-electron chi connectivity index (χ1n) is 14.4.